The number of benzene rings is 1. The van der Waals surface area contributed by atoms with Crippen LogP contribution in [0.1, 0.15) is 11.1 Å². The van der Waals surface area contributed by atoms with Gasteiger partial charge < -0.3 is 4.74 Å². The van der Waals surface area contributed by atoms with E-state index in [1.54, 1.807) is 12.1 Å². The Hall–Kier alpha value is -1.87. The second-order valence-corrected chi connectivity index (χ2v) is 4.29. The van der Waals surface area contributed by atoms with Crippen molar-refractivity contribution in [2.45, 2.75) is 13.3 Å². The summed E-state index contributed by atoms with van der Waals surface area (Å²) in [6.45, 7) is 5.78. The van der Waals surface area contributed by atoms with E-state index in [0.29, 0.717) is 11.0 Å². The standard InChI is InChI=1S/C14H13ClN2O/c1-3-4-11-9-10(2)5-6-12(11)18-14-8-7-13(15)16-17-14/h3,5-9H,1,4H2,2H3. The van der Waals surface area contributed by atoms with Crippen molar-refractivity contribution in [3.63, 3.8) is 0 Å². The summed E-state index contributed by atoms with van der Waals surface area (Å²) >= 11 is 5.67. The maximum atomic E-state index is 5.69. The van der Waals surface area contributed by atoms with Gasteiger partial charge in [0.2, 0.25) is 5.88 Å². The molecule has 18 heavy (non-hydrogen) atoms. The maximum absolute atomic E-state index is 5.69. The molecule has 0 radical (unpaired) electrons. The highest BCUT2D eigenvalue weighted by molar-refractivity contribution is 6.29. The van der Waals surface area contributed by atoms with Crippen LogP contribution in [0.4, 0.5) is 0 Å². The fourth-order valence-electron chi connectivity index (χ4n) is 1.59. The summed E-state index contributed by atoms with van der Waals surface area (Å²) in [6, 6.07) is 9.31. The number of nitrogens with zero attached hydrogens (tertiary/aromatic N) is 2. The number of halogens is 1. The topological polar surface area (TPSA) is 35.0 Å². The quantitative estimate of drug-likeness (QED) is 0.781. The smallest absolute Gasteiger partial charge is 0.238 e. The first-order valence-electron chi connectivity index (χ1n) is 5.56. The zero-order chi connectivity index (χ0) is 13.0. The SMILES string of the molecule is C=CCc1cc(C)ccc1Oc1ccc(Cl)nn1. The number of hydrogen-bond donors (Lipinski definition) is 0. The zero-order valence-corrected chi connectivity index (χ0v) is 10.8. The molecular weight excluding hydrogens is 248 g/mol. The van der Waals surface area contributed by atoms with Crippen molar-refractivity contribution < 1.29 is 4.74 Å². The molecule has 1 heterocycles. The molecular formula is C14H13ClN2O. The summed E-state index contributed by atoms with van der Waals surface area (Å²) in [5.41, 5.74) is 2.25. The second kappa shape index (κ2) is 5.65. The molecule has 0 spiro atoms. The highest BCUT2D eigenvalue weighted by Crippen LogP contribution is 2.25. The molecule has 0 fully saturated rings. The first-order valence-corrected chi connectivity index (χ1v) is 5.94. The van der Waals surface area contributed by atoms with Crippen LogP contribution in [0, 0.1) is 6.92 Å². The van der Waals surface area contributed by atoms with Gasteiger partial charge in [0.1, 0.15) is 5.75 Å². The van der Waals surface area contributed by atoms with Crippen LogP contribution in [-0.4, -0.2) is 10.2 Å². The molecule has 92 valence electrons. The largest absolute Gasteiger partial charge is 0.437 e. The van der Waals surface area contributed by atoms with Gasteiger partial charge in [-0.25, -0.2) is 0 Å². The first kappa shape index (κ1) is 12.6. The van der Waals surface area contributed by atoms with Gasteiger partial charge in [-0.3, -0.25) is 0 Å². The third-order valence-electron chi connectivity index (χ3n) is 2.40. The van der Waals surface area contributed by atoms with Gasteiger partial charge in [0.25, 0.3) is 0 Å². The van der Waals surface area contributed by atoms with Crippen LogP contribution in [0.5, 0.6) is 11.6 Å². The lowest BCUT2D eigenvalue weighted by molar-refractivity contribution is 0.451. The number of aromatic nitrogens is 2. The summed E-state index contributed by atoms with van der Waals surface area (Å²) in [7, 11) is 0. The lowest BCUT2D eigenvalue weighted by atomic mass is 10.1. The monoisotopic (exact) mass is 260 g/mol. The molecule has 4 heteroatoms. The number of hydrogen-bond acceptors (Lipinski definition) is 3. The van der Waals surface area contributed by atoms with E-state index in [-0.39, 0.29) is 0 Å². The van der Waals surface area contributed by atoms with Crippen LogP contribution < -0.4 is 4.74 Å². The van der Waals surface area contributed by atoms with Gasteiger partial charge in [-0.15, -0.1) is 16.8 Å². The van der Waals surface area contributed by atoms with Crippen molar-refractivity contribution in [1.82, 2.24) is 10.2 Å². The van der Waals surface area contributed by atoms with Crippen molar-refractivity contribution in [3.05, 3.63) is 59.3 Å². The fourth-order valence-corrected chi connectivity index (χ4v) is 1.69. The Labute approximate surface area is 111 Å². The van der Waals surface area contributed by atoms with Crippen molar-refractivity contribution in [2.75, 3.05) is 0 Å². The number of allylic oxidation sites excluding steroid dienone is 1. The van der Waals surface area contributed by atoms with Gasteiger partial charge in [-0.2, -0.15) is 0 Å². The van der Waals surface area contributed by atoms with Crippen LogP contribution in [0.3, 0.4) is 0 Å². The Balaban J connectivity index is 2.27. The molecule has 0 bridgehead atoms. The molecule has 3 nitrogen and oxygen atoms in total. The van der Waals surface area contributed by atoms with E-state index in [4.69, 9.17) is 16.3 Å². The van der Waals surface area contributed by atoms with Gasteiger partial charge in [0.15, 0.2) is 5.15 Å². The van der Waals surface area contributed by atoms with E-state index in [1.807, 2.05) is 25.1 Å². The summed E-state index contributed by atoms with van der Waals surface area (Å²) in [5, 5.41) is 7.95. The predicted molar refractivity (Wildman–Crippen MR) is 72.2 cm³/mol. The Morgan fingerprint density at radius 2 is 2.11 bits per heavy atom. The molecule has 0 saturated carbocycles. The Morgan fingerprint density at radius 1 is 1.28 bits per heavy atom. The van der Waals surface area contributed by atoms with E-state index in [0.717, 1.165) is 17.7 Å². The Morgan fingerprint density at radius 3 is 2.78 bits per heavy atom. The average Bonchev–Trinajstić information content (AvgIpc) is 2.36. The van der Waals surface area contributed by atoms with Crippen LogP contribution in [0.25, 0.3) is 0 Å². The van der Waals surface area contributed by atoms with Gasteiger partial charge in [0, 0.05) is 6.07 Å². The van der Waals surface area contributed by atoms with Crippen LogP contribution in [0.15, 0.2) is 43.0 Å². The molecule has 2 aromatic rings. The van der Waals surface area contributed by atoms with Crippen LogP contribution in [-0.2, 0) is 6.42 Å². The van der Waals surface area contributed by atoms with Gasteiger partial charge in [-0.1, -0.05) is 35.4 Å². The van der Waals surface area contributed by atoms with E-state index in [1.165, 1.54) is 5.56 Å². The molecule has 2 rings (SSSR count). The number of aryl methyl sites for hydroxylation is 1. The summed E-state index contributed by atoms with van der Waals surface area (Å²) in [4.78, 5) is 0. The normalized spacial score (nSPS) is 10.1. The third-order valence-corrected chi connectivity index (χ3v) is 2.60. The van der Waals surface area contributed by atoms with Crippen LogP contribution in [0.2, 0.25) is 5.15 Å². The molecule has 0 amide bonds. The summed E-state index contributed by atoms with van der Waals surface area (Å²) in [6.07, 6.45) is 2.59. The molecule has 1 aromatic carbocycles. The minimum absolute atomic E-state index is 0.345. The highest BCUT2D eigenvalue weighted by atomic mass is 35.5. The Bertz CT molecular complexity index is 552. The van der Waals surface area contributed by atoms with Gasteiger partial charge in [-0.05, 0) is 31.0 Å². The molecule has 0 N–H and O–H groups in total. The molecule has 0 aliphatic rings. The molecule has 0 unspecified atom stereocenters. The molecule has 0 atom stereocenters. The van der Waals surface area contributed by atoms with Gasteiger partial charge >= 0.3 is 0 Å². The second-order valence-electron chi connectivity index (χ2n) is 3.90. The predicted octanol–water partition coefficient (Wildman–Crippen LogP) is 3.96. The number of ether oxygens (including phenoxy) is 1. The fraction of sp³-hybridized carbons (Fsp3) is 0.143. The average molecular weight is 261 g/mol. The Kier molecular flexibility index (Phi) is 3.95. The van der Waals surface area contributed by atoms with Crippen molar-refractivity contribution in [1.29, 1.82) is 0 Å². The summed E-state index contributed by atoms with van der Waals surface area (Å²) < 4.78 is 5.69. The van der Waals surface area contributed by atoms with Crippen LogP contribution >= 0.6 is 11.6 Å². The van der Waals surface area contributed by atoms with Gasteiger partial charge in [0.05, 0.1) is 0 Å². The molecule has 1 aromatic heterocycles. The number of rotatable bonds is 4. The van der Waals surface area contributed by atoms with Crippen molar-refractivity contribution in [2.24, 2.45) is 0 Å². The van der Waals surface area contributed by atoms with E-state index < -0.39 is 0 Å². The van der Waals surface area contributed by atoms with Crippen molar-refractivity contribution in [3.8, 4) is 11.6 Å². The highest BCUT2D eigenvalue weighted by Gasteiger charge is 2.05. The lowest BCUT2D eigenvalue weighted by Gasteiger charge is -2.09. The van der Waals surface area contributed by atoms with E-state index >= 15 is 0 Å². The van der Waals surface area contributed by atoms with E-state index in [9.17, 15) is 0 Å². The summed E-state index contributed by atoms with van der Waals surface area (Å²) in [5.74, 6) is 1.19. The molecule has 0 saturated heterocycles. The molecule has 0 aliphatic heterocycles. The minimum Gasteiger partial charge on any atom is -0.437 e. The minimum atomic E-state index is 0.345. The zero-order valence-electron chi connectivity index (χ0n) is 10.1. The molecule has 0 aliphatic carbocycles. The third kappa shape index (κ3) is 3.08. The lowest BCUT2D eigenvalue weighted by Crippen LogP contribution is -1.94. The van der Waals surface area contributed by atoms with Crippen molar-refractivity contribution >= 4 is 11.6 Å². The van der Waals surface area contributed by atoms with E-state index in [2.05, 4.69) is 22.8 Å². The maximum Gasteiger partial charge on any atom is 0.238 e. The first-order chi connectivity index (χ1) is 8.69.